The van der Waals surface area contributed by atoms with Crippen molar-refractivity contribution in [1.82, 2.24) is 8.87 Å². The Balaban J connectivity index is 1.68. The number of nitrogens with zero attached hydrogens (tertiary/aromatic N) is 3. The van der Waals surface area contributed by atoms with Gasteiger partial charge in [0.25, 0.3) is 5.91 Å². The van der Waals surface area contributed by atoms with Gasteiger partial charge in [0.05, 0.1) is 28.6 Å². The fourth-order valence-electron chi connectivity index (χ4n) is 4.37. The summed E-state index contributed by atoms with van der Waals surface area (Å²) in [5.41, 5.74) is 1.00. The van der Waals surface area contributed by atoms with E-state index >= 15 is 0 Å². The highest BCUT2D eigenvalue weighted by atomic mass is 32.2. The molecule has 0 aliphatic carbocycles. The van der Waals surface area contributed by atoms with Crippen molar-refractivity contribution < 1.29 is 32.2 Å². The van der Waals surface area contributed by atoms with Gasteiger partial charge in [-0.1, -0.05) is 39.0 Å². The van der Waals surface area contributed by atoms with Crippen LogP contribution in [0.25, 0.3) is 10.2 Å². The van der Waals surface area contributed by atoms with Gasteiger partial charge in [0, 0.05) is 37.3 Å². The molecule has 0 atom stereocenters. The SMILES string of the molecule is COC(=O)CCn1c(=NC(=O)c2ccc(S(=O)(=O)N(CC(C)C)CC(C)C)cc2)sc2cc3c(cc21)OCCO3. The molecule has 1 aromatic heterocycles. The topological polar surface area (TPSA) is 117 Å². The van der Waals surface area contributed by atoms with Crippen molar-refractivity contribution in [3.63, 3.8) is 0 Å². The van der Waals surface area contributed by atoms with E-state index in [-0.39, 0.29) is 41.2 Å². The third-order valence-electron chi connectivity index (χ3n) is 6.19. The number of hydrogen-bond acceptors (Lipinski definition) is 8. The van der Waals surface area contributed by atoms with E-state index in [4.69, 9.17) is 14.2 Å². The Labute approximate surface area is 238 Å². The van der Waals surface area contributed by atoms with E-state index < -0.39 is 15.9 Å². The maximum atomic E-state index is 13.3. The van der Waals surface area contributed by atoms with Crippen LogP contribution in [0, 0.1) is 11.8 Å². The zero-order chi connectivity index (χ0) is 29.0. The second-order valence-corrected chi connectivity index (χ2v) is 13.3. The predicted octanol–water partition coefficient (Wildman–Crippen LogP) is 4.08. The third-order valence-corrected chi connectivity index (χ3v) is 9.07. The molecule has 0 saturated carbocycles. The minimum atomic E-state index is -3.72. The number of carbonyl (C=O) groups is 2. The fourth-order valence-corrected chi connectivity index (χ4v) is 7.20. The molecule has 12 heteroatoms. The molecule has 0 radical (unpaired) electrons. The summed E-state index contributed by atoms with van der Waals surface area (Å²) >= 11 is 1.29. The summed E-state index contributed by atoms with van der Waals surface area (Å²) in [5, 5.41) is 0. The summed E-state index contributed by atoms with van der Waals surface area (Å²) in [4.78, 5) is 30.0. The lowest BCUT2D eigenvalue weighted by molar-refractivity contribution is -0.140. The van der Waals surface area contributed by atoms with E-state index in [0.29, 0.717) is 42.6 Å². The monoisotopic (exact) mass is 589 g/mol. The van der Waals surface area contributed by atoms with E-state index in [1.807, 2.05) is 39.8 Å². The highest BCUT2D eigenvalue weighted by Gasteiger charge is 2.26. The molecule has 1 amide bonds. The average Bonchev–Trinajstić information content (AvgIpc) is 3.24. The Morgan fingerprint density at radius 1 is 1.02 bits per heavy atom. The number of aryl methyl sites for hydroxylation is 1. The van der Waals surface area contributed by atoms with Gasteiger partial charge < -0.3 is 18.8 Å². The number of benzene rings is 2. The molecular weight excluding hydrogens is 554 g/mol. The first-order valence-electron chi connectivity index (χ1n) is 13.2. The molecule has 0 fully saturated rings. The lowest BCUT2D eigenvalue weighted by Crippen LogP contribution is -2.37. The molecule has 1 aliphatic rings. The van der Waals surface area contributed by atoms with Crippen LogP contribution >= 0.6 is 11.3 Å². The van der Waals surface area contributed by atoms with Crippen molar-refractivity contribution in [1.29, 1.82) is 0 Å². The molecule has 3 aromatic rings. The number of fused-ring (bicyclic) bond motifs is 2. The first kappa shape index (κ1) is 29.8. The van der Waals surface area contributed by atoms with Crippen molar-refractivity contribution in [2.24, 2.45) is 16.8 Å². The zero-order valence-corrected chi connectivity index (χ0v) is 25.0. The molecule has 40 heavy (non-hydrogen) atoms. The van der Waals surface area contributed by atoms with Crippen LogP contribution in [0.5, 0.6) is 11.5 Å². The van der Waals surface area contributed by atoms with E-state index in [1.54, 1.807) is 4.57 Å². The van der Waals surface area contributed by atoms with E-state index in [9.17, 15) is 18.0 Å². The van der Waals surface area contributed by atoms with E-state index in [2.05, 4.69) is 4.99 Å². The standard InChI is InChI=1S/C28H35N3O7S2/c1-18(2)16-30(17-19(3)4)40(34,35)21-8-6-20(7-9-21)27(33)29-28-31(11-10-26(32)36-5)22-14-23-24(15-25(22)39-28)38-13-12-37-23/h6-9,14-15,18-19H,10-13,16-17H2,1-5H3. The first-order chi connectivity index (χ1) is 19.0. The Morgan fingerprint density at radius 2 is 1.62 bits per heavy atom. The van der Waals surface area contributed by atoms with Gasteiger partial charge in [-0.05, 0) is 36.1 Å². The van der Waals surface area contributed by atoms with Gasteiger partial charge in [0.1, 0.15) is 13.2 Å². The van der Waals surface area contributed by atoms with Gasteiger partial charge >= 0.3 is 5.97 Å². The second-order valence-electron chi connectivity index (χ2n) is 10.4. The quantitative estimate of drug-likeness (QED) is 0.327. The van der Waals surface area contributed by atoms with Crippen LogP contribution in [0.15, 0.2) is 46.3 Å². The highest BCUT2D eigenvalue weighted by Crippen LogP contribution is 2.35. The summed E-state index contributed by atoms with van der Waals surface area (Å²) in [6.45, 7) is 9.86. The Morgan fingerprint density at radius 3 is 2.20 bits per heavy atom. The van der Waals surface area contributed by atoms with Crippen LogP contribution < -0.4 is 14.3 Å². The molecule has 0 bridgehead atoms. The number of amides is 1. The molecule has 0 spiro atoms. The normalized spacial score (nSPS) is 13.9. The zero-order valence-electron chi connectivity index (χ0n) is 23.4. The van der Waals surface area contributed by atoms with Crippen LogP contribution in [-0.4, -0.2) is 62.6 Å². The van der Waals surface area contributed by atoms with Gasteiger partial charge in [-0.2, -0.15) is 9.30 Å². The van der Waals surface area contributed by atoms with Crippen molar-refractivity contribution in [2.75, 3.05) is 33.4 Å². The number of hydrogen-bond donors (Lipinski definition) is 0. The molecule has 2 heterocycles. The minimum Gasteiger partial charge on any atom is -0.486 e. The number of esters is 1. The maximum absolute atomic E-state index is 13.3. The fraction of sp³-hybridized carbons (Fsp3) is 0.464. The molecule has 0 unspecified atom stereocenters. The Hall–Kier alpha value is -3.22. The van der Waals surface area contributed by atoms with Gasteiger partial charge in [-0.15, -0.1) is 0 Å². The lowest BCUT2D eigenvalue weighted by atomic mass is 10.2. The average molecular weight is 590 g/mol. The van der Waals surface area contributed by atoms with Gasteiger partial charge in [0.2, 0.25) is 10.0 Å². The molecule has 4 rings (SSSR count). The second kappa shape index (κ2) is 12.5. The molecular formula is C28H35N3O7S2. The van der Waals surface area contributed by atoms with Gasteiger partial charge in [-0.25, -0.2) is 8.42 Å². The van der Waals surface area contributed by atoms with Gasteiger partial charge in [0.15, 0.2) is 16.3 Å². The van der Waals surface area contributed by atoms with Crippen LogP contribution in [0.1, 0.15) is 44.5 Å². The Bertz CT molecular complexity index is 1540. The summed E-state index contributed by atoms with van der Waals surface area (Å²) < 4.78 is 47.0. The number of sulfonamides is 1. The van der Waals surface area contributed by atoms with E-state index in [1.165, 1.54) is 47.0 Å². The number of rotatable bonds is 10. The van der Waals surface area contributed by atoms with Crippen molar-refractivity contribution in [3.05, 3.63) is 46.8 Å². The number of aromatic nitrogens is 1. The minimum absolute atomic E-state index is 0.0912. The predicted molar refractivity (Wildman–Crippen MR) is 152 cm³/mol. The summed E-state index contributed by atoms with van der Waals surface area (Å²) in [6.07, 6.45) is 0.0912. The summed E-state index contributed by atoms with van der Waals surface area (Å²) in [6, 6.07) is 9.52. The molecule has 2 aromatic carbocycles. The van der Waals surface area contributed by atoms with Crippen molar-refractivity contribution in [3.8, 4) is 11.5 Å². The number of carbonyl (C=O) groups excluding carboxylic acids is 2. The number of methoxy groups -OCH3 is 1. The molecule has 10 nitrogen and oxygen atoms in total. The summed E-state index contributed by atoms with van der Waals surface area (Å²) in [5.74, 6) is 0.622. The van der Waals surface area contributed by atoms with Crippen LogP contribution in [0.4, 0.5) is 0 Å². The number of ether oxygens (including phenoxy) is 3. The highest BCUT2D eigenvalue weighted by molar-refractivity contribution is 7.89. The van der Waals surface area contributed by atoms with Crippen LogP contribution in [0.3, 0.4) is 0 Å². The summed E-state index contributed by atoms with van der Waals surface area (Å²) in [7, 11) is -2.40. The van der Waals surface area contributed by atoms with Gasteiger partial charge in [-0.3, -0.25) is 9.59 Å². The van der Waals surface area contributed by atoms with Crippen molar-refractivity contribution >= 4 is 43.5 Å². The van der Waals surface area contributed by atoms with E-state index in [0.717, 1.165) is 10.2 Å². The van der Waals surface area contributed by atoms with Crippen molar-refractivity contribution in [2.45, 2.75) is 45.6 Å². The molecule has 0 saturated heterocycles. The molecule has 1 aliphatic heterocycles. The smallest absolute Gasteiger partial charge is 0.307 e. The maximum Gasteiger partial charge on any atom is 0.307 e. The molecule has 0 N–H and O–H groups in total. The number of thiazole rings is 1. The van der Waals surface area contributed by atoms with Crippen LogP contribution in [0.2, 0.25) is 0 Å². The first-order valence-corrected chi connectivity index (χ1v) is 15.4. The van der Waals surface area contributed by atoms with Crippen LogP contribution in [-0.2, 0) is 26.1 Å². The largest absolute Gasteiger partial charge is 0.486 e. The lowest BCUT2D eigenvalue weighted by Gasteiger charge is -2.25. The Kier molecular flexibility index (Phi) is 9.32. The molecule has 216 valence electrons. The third kappa shape index (κ3) is 6.73.